The first-order valence-electron chi connectivity index (χ1n) is 7.85. The lowest BCUT2D eigenvalue weighted by Gasteiger charge is -2.11. The molecule has 24 heavy (non-hydrogen) atoms. The van der Waals surface area contributed by atoms with E-state index in [9.17, 15) is 0 Å². The number of aliphatic imine (C=N–C) groups is 1. The van der Waals surface area contributed by atoms with Crippen LogP contribution in [0.1, 0.15) is 23.2 Å². The number of hydrogen-bond acceptors (Lipinski definition) is 3. The number of aromatic nitrogens is 1. The molecule has 0 unspecified atom stereocenters. The first-order chi connectivity index (χ1) is 11.2. The molecule has 0 saturated heterocycles. The lowest BCUT2D eigenvalue weighted by molar-refractivity contribution is 0.795. The zero-order valence-electron chi connectivity index (χ0n) is 14.0. The highest BCUT2D eigenvalue weighted by Crippen LogP contribution is 2.09. The highest BCUT2D eigenvalue weighted by Gasteiger charge is 2.00. The standard InChI is InChI=1S/C17H23ClN4S.HI/c1-3-19-17(21-11-9-16-12-23-13(2)22-16)20-10-8-14-4-6-15(18)7-5-14;/h4-7,12H,3,8-11H2,1-2H3,(H2,19,20,21);1H. The minimum atomic E-state index is 0. The highest BCUT2D eigenvalue weighted by molar-refractivity contribution is 14.0. The van der Waals surface area contributed by atoms with Crippen LogP contribution < -0.4 is 10.6 Å². The Morgan fingerprint density at radius 2 is 1.96 bits per heavy atom. The summed E-state index contributed by atoms with van der Waals surface area (Å²) in [6, 6.07) is 7.95. The van der Waals surface area contributed by atoms with Crippen LogP contribution in [-0.2, 0) is 12.8 Å². The van der Waals surface area contributed by atoms with Crippen molar-refractivity contribution in [3.8, 4) is 0 Å². The molecule has 2 rings (SSSR count). The minimum Gasteiger partial charge on any atom is -0.357 e. The van der Waals surface area contributed by atoms with E-state index in [1.54, 1.807) is 11.3 Å². The number of halogens is 2. The van der Waals surface area contributed by atoms with E-state index in [1.807, 2.05) is 19.1 Å². The Kier molecular flexibility index (Phi) is 10.3. The fourth-order valence-electron chi connectivity index (χ4n) is 2.12. The molecule has 0 aliphatic heterocycles. The second-order valence-electron chi connectivity index (χ2n) is 5.17. The Hall–Kier alpha value is -0.860. The molecule has 0 saturated carbocycles. The van der Waals surface area contributed by atoms with Gasteiger partial charge in [-0.25, -0.2) is 4.98 Å². The molecule has 0 bridgehead atoms. The van der Waals surface area contributed by atoms with Gasteiger partial charge in [0.2, 0.25) is 0 Å². The molecule has 0 spiro atoms. The van der Waals surface area contributed by atoms with Crippen LogP contribution in [0, 0.1) is 6.92 Å². The van der Waals surface area contributed by atoms with Crippen LogP contribution in [0.15, 0.2) is 34.6 Å². The minimum absolute atomic E-state index is 0. The first-order valence-corrected chi connectivity index (χ1v) is 9.10. The molecule has 0 aliphatic rings. The summed E-state index contributed by atoms with van der Waals surface area (Å²) in [7, 11) is 0. The molecule has 7 heteroatoms. The van der Waals surface area contributed by atoms with E-state index in [2.05, 4.69) is 45.0 Å². The maximum atomic E-state index is 5.90. The van der Waals surface area contributed by atoms with Gasteiger partial charge in [0.15, 0.2) is 5.96 Å². The number of nitrogens with zero attached hydrogens (tertiary/aromatic N) is 2. The van der Waals surface area contributed by atoms with Crippen molar-refractivity contribution in [2.45, 2.75) is 26.7 Å². The molecular formula is C17H24ClIN4S. The first kappa shape index (κ1) is 21.2. The molecule has 0 atom stereocenters. The van der Waals surface area contributed by atoms with E-state index < -0.39 is 0 Å². The van der Waals surface area contributed by atoms with Crippen molar-refractivity contribution in [3.05, 3.63) is 50.9 Å². The van der Waals surface area contributed by atoms with E-state index in [4.69, 9.17) is 11.6 Å². The van der Waals surface area contributed by atoms with E-state index in [0.717, 1.165) is 54.2 Å². The van der Waals surface area contributed by atoms with Crippen LogP contribution in [-0.4, -0.2) is 30.6 Å². The molecule has 0 radical (unpaired) electrons. The van der Waals surface area contributed by atoms with E-state index in [-0.39, 0.29) is 24.0 Å². The summed E-state index contributed by atoms with van der Waals surface area (Å²) in [5, 5.41) is 10.6. The van der Waals surface area contributed by atoms with Crippen LogP contribution in [0.5, 0.6) is 0 Å². The second kappa shape index (κ2) is 11.7. The summed E-state index contributed by atoms with van der Waals surface area (Å²) in [6.07, 6.45) is 1.81. The fraction of sp³-hybridized carbons (Fsp3) is 0.412. The van der Waals surface area contributed by atoms with Crippen LogP contribution in [0.25, 0.3) is 0 Å². The van der Waals surface area contributed by atoms with E-state index >= 15 is 0 Å². The smallest absolute Gasteiger partial charge is 0.191 e. The maximum absolute atomic E-state index is 5.90. The molecule has 2 N–H and O–H groups in total. The van der Waals surface area contributed by atoms with Crippen LogP contribution in [0.3, 0.4) is 0 Å². The van der Waals surface area contributed by atoms with Gasteiger partial charge in [-0.15, -0.1) is 35.3 Å². The normalized spacial score (nSPS) is 11.0. The molecule has 0 amide bonds. The SMILES string of the molecule is CCNC(=NCCc1csc(C)n1)NCCc1ccc(Cl)cc1.I. The Balaban J connectivity index is 0.00000288. The topological polar surface area (TPSA) is 49.3 Å². The quantitative estimate of drug-likeness (QED) is 0.358. The van der Waals surface area contributed by atoms with Gasteiger partial charge in [0.05, 0.1) is 10.7 Å². The van der Waals surface area contributed by atoms with Crippen LogP contribution in [0.2, 0.25) is 5.02 Å². The van der Waals surface area contributed by atoms with Crippen molar-refractivity contribution in [2.75, 3.05) is 19.6 Å². The molecular weight excluding hydrogens is 455 g/mol. The average molecular weight is 479 g/mol. The van der Waals surface area contributed by atoms with Crippen molar-refractivity contribution in [3.63, 3.8) is 0 Å². The highest BCUT2D eigenvalue weighted by atomic mass is 127. The number of benzene rings is 1. The Morgan fingerprint density at radius 1 is 1.21 bits per heavy atom. The molecule has 1 aromatic carbocycles. The van der Waals surface area contributed by atoms with Gasteiger partial charge >= 0.3 is 0 Å². The summed E-state index contributed by atoms with van der Waals surface area (Å²) in [5.41, 5.74) is 2.38. The van der Waals surface area contributed by atoms with Gasteiger partial charge in [0.1, 0.15) is 0 Å². The lowest BCUT2D eigenvalue weighted by Crippen LogP contribution is -2.38. The molecule has 132 valence electrons. The van der Waals surface area contributed by atoms with Gasteiger partial charge < -0.3 is 10.6 Å². The van der Waals surface area contributed by atoms with Crippen LogP contribution >= 0.6 is 46.9 Å². The van der Waals surface area contributed by atoms with Crippen molar-refractivity contribution < 1.29 is 0 Å². The van der Waals surface area contributed by atoms with Crippen LogP contribution in [0.4, 0.5) is 0 Å². The predicted octanol–water partition coefficient (Wildman–Crippen LogP) is 4.06. The number of nitrogens with one attached hydrogen (secondary N) is 2. The van der Waals surface area contributed by atoms with Crippen molar-refractivity contribution >= 4 is 52.9 Å². The number of hydrogen-bond donors (Lipinski definition) is 2. The van der Waals surface area contributed by atoms with Crippen molar-refractivity contribution in [1.29, 1.82) is 0 Å². The summed E-state index contributed by atoms with van der Waals surface area (Å²) >= 11 is 7.58. The number of rotatable bonds is 7. The number of aryl methyl sites for hydroxylation is 1. The van der Waals surface area contributed by atoms with E-state index in [1.165, 1.54) is 5.56 Å². The Labute approximate surface area is 170 Å². The third-order valence-corrected chi connectivity index (χ3v) is 4.34. The zero-order chi connectivity index (χ0) is 16.5. The zero-order valence-corrected chi connectivity index (χ0v) is 17.9. The molecule has 2 aromatic rings. The molecule has 4 nitrogen and oxygen atoms in total. The summed E-state index contributed by atoms with van der Waals surface area (Å²) in [5.74, 6) is 0.855. The summed E-state index contributed by atoms with van der Waals surface area (Å²) < 4.78 is 0. The third-order valence-electron chi connectivity index (χ3n) is 3.27. The maximum Gasteiger partial charge on any atom is 0.191 e. The molecule has 0 aliphatic carbocycles. The number of thiazole rings is 1. The Bertz CT molecular complexity index is 628. The van der Waals surface area contributed by atoms with Crippen molar-refractivity contribution in [2.24, 2.45) is 4.99 Å². The summed E-state index contributed by atoms with van der Waals surface area (Å²) in [6.45, 7) is 6.52. The Morgan fingerprint density at radius 3 is 2.58 bits per heavy atom. The average Bonchev–Trinajstić information content (AvgIpc) is 2.95. The van der Waals surface area contributed by atoms with Gasteiger partial charge in [-0.2, -0.15) is 0 Å². The van der Waals surface area contributed by atoms with Gasteiger partial charge in [-0.3, -0.25) is 4.99 Å². The fourth-order valence-corrected chi connectivity index (χ4v) is 2.90. The predicted molar refractivity (Wildman–Crippen MR) is 115 cm³/mol. The lowest BCUT2D eigenvalue weighted by atomic mass is 10.1. The van der Waals surface area contributed by atoms with Crippen molar-refractivity contribution in [1.82, 2.24) is 15.6 Å². The largest absolute Gasteiger partial charge is 0.357 e. The van der Waals surface area contributed by atoms with Gasteiger partial charge in [0, 0.05) is 36.5 Å². The monoisotopic (exact) mass is 478 g/mol. The van der Waals surface area contributed by atoms with Gasteiger partial charge in [0.25, 0.3) is 0 Å². The van der Waals surface area contributed by atoms with Gasteiger partial charge in [-0.1, -0.05) is 23.7 Å². The third kappa shape index (κ3) is 7.81. The number of guanidine groups is 1. The van der Waals surface area contributed by atoms with E-state index in [0.29, 0.717) is 0 Å². The molecule has 0 fully saturated rings. The molecule has 1 aromatic heterocycles. The second-order valence-corrected chi connectivity index (χ2v) is 6.67. The molecule has 1 heterocycles. The van der Waals surface area contributed by atoms with Gasteiger partial charge in [-0.05, 0) is 38.0 Å². The summed E-state index contributed by atoms with van der Waals surface area (Å²) in [4.78, 5) is 9.06.